The van der Waals surface area contributed by atoms with Crippen LogP contribution in [0.25, 0.3) is 0 Å². The Morgan fingerprint density at radius 3 is 2.34 bits per heavy atom. The number of aliphatic carboxylic acids is 1. The van der Waals surface area contributed by atoms with Crippen LogP contribution in [0.4, 0.5) is 10.1 Å². The highest BCUT2D eigenvalue weighted by Gasteiger charge is 2.39. The Morgan fingerprint density at radius 1 is 1.16 bits per heavy atom. The summed E-state index contributed by atoms with van der Waals surface area (Å²) < 4.78 is 13.2. The molecular formula is C23H30FN3O5. The van der Waals surface area contributed by atoms with Crippen molar-refractivity contribution in [2.24, 2.45) is 17.8 Å². The van der Waals surface area contributed by atoms with Gasteiger partial charge in [-0.3, -0.25) is 19.2 Å². The van der Waals surface area contributed by atoms with E-state index in [1.54, 1.807) is 4.90 Å². The number of carbonyl (C=O) groups excluding carboxylic acids is 3. The zero-order valence-corrected chi connectivity index (χ0v) is 18.4. The highest BCUT2D eigenvalue weighted by molar-refractivity contribution is 6.01. The van der Waals surface area contributed by atoms with E-state index in [0.717, 1.165) is 0 Å². The Bertz CT molecular complexity index is 867. The molecule has 0 radical (unpaired) electrons. The zero-order chi connectivity index (χ0) is 23.4. The van der Waals surface area contributed by atoms with Crippen molar-refractivity contribution < 1.29 is 28.7 Å². The van der Waals surface area contributed by atoms with Gasteiger partial charge in [0, 0.05) is 31.7 Å². The number of piperidine rings is 1. The molecule has 1 aromatic carbocycles. The van der Waals surface area contributed by atoms with Crippen molar-refractivity contribution in [3.05, 3.63) is 30.1 Å². The Balaban J connectivity index is 1.65. The molecule has 0 aliphatic carbocycles. The molecule has 2 saturated heterocycles. The molecule has 2 aliphatic heterocycles. The average Bonchev–Trinajstić information content (AvgIpc) is 3.18. The van der Waals surface area contributed by atoms with Crippen molar-refractivity contribution in [1.82, 2.24) is 10.2 Å². The minimum atomic E-state index is -0.847. The molecule has 0 spiro atoms. The summed E-state index contributed by atoms with van der Waals surface area (Å²) in [5.41, 5.74) is 0.530. The minimum Gasteiger partial charge on any atom is -0.481 e. The smallest absolute Gasteiger partial charge is 0.306 e. The Labute approximate surface area is 186 Å². The van der Waals surface area contributed by atoms with E-state index in [9.17, 15) is 23.6 Å². The first-order chi connectivity index (χ1) is 15.2. The van der Waals surface area contributed by atoms with Crippen LogP contribution in [0.5, 0.6) is 0 Å². The summed E-state index contributed by atoms with van der Waals surface area (Å²) in [6.07, 6.45) is 1.49. The van der Waals surface area contributed by atoms with Crippen LogP contribution in [0.2, 0.25) is 0 Å². The van der Waals surface area contributed by atoms with Crippen LogP contribution in [0.1, 0.15) is 39.5 Å². The number of rotatable bonds is 7. The first-order valence-electron chi connectivity index (χ1n) is 11.1. The fourth-order valence-electron chi connectivity index (χ4n) is 4.25. The molecule has 0 aromatic heterocycles. The summed E-state index contributed by atoms with van der Waals surface area (Å²) in [6.45, 7) is 4.68. The average molecular weight is 448 g/mol. The van der Waals surface area contributed by atoms with E-state index in [1.807, 2.05) is 13.8 Å². The van der Waals surface area contributed by atoms with Crippen LogP contribution in [-0.2, 0) is 19.2 Å². The second kappa shape index (κ2) is 10.1. The third kappa shape index (κ3) is 5.26. The van der Waals surface area contributed by atoms with Crippen LogP contribution < -0.4 is 10.2 Å². The zero-order valence-electron chi connectivity index (χ0n) is 18.4. The van der Waals surface area contributed by atoms with Crippen molar-refractivity contribution in [1.29, 1.82) is 0 Å². The summed E-state index contributed by atoms with van der Waals surface area (Å²) in [4.78, 5) is 52.8. The summed E-state index contributed by atoms with van der Waals surface area (Å²) in [6, 6.07) is 4.80. The lowest BCUT2D eigenvalue weighted by atomic mass is 9.93. The molecule has 0 bridgehead atoms. The first kappa shape index (κ1) is 23.7. The van der Waals surface area contributed by atoms with E-state index in [2.05, 4.69) is 5.32 Å². The molecule has 2 aliphatic rings. The SMILES string of the molecule is CCC(C)C(NC(=O)C1CC(=O)N(c2ccc(F)cc2)C1)C(=O)N1CCC(C(=O)O)CC1. The molecule has 3 unspecified atom stereocenters. The van der Waals surface area contributed by atoms with Crippen LogP contribution >= 0.6 is 0 Å². The van der Waals surface area contributed by atoms with E-state index in [0.29, 0.717) is 38.0 Å². The third-order valence-corrected chi connectivity index (χ3v) is 6.57. The van der Waals surface area contributed by atoms with Crippen molar-refractivity contribution >= 4 is 29.4 Å². The summed E-state index contributed by atoms with van der Waals surface area (Å²) in [5, 5.41) is 12.0. The van der Waals surface area contributed by atoms with Gasteiger partial charge in [-0.05, 0) is 43.0 Å². The Hall–Kier alpha value is -2.97. The lowest BCUT2D eigenvalue weighted by molar-refractivity contribution is -0.147. The van der Waals surface area contributed by atoms with E-state index >= 15 is 0 Å². The molecule has 32 heavy (non-hydrogen) atoms. The maximum Gasteiger partial charge on any atom is 0.306 e. The van der Waals surface area contributed by atoms with Gasteiger partial charge in [-0.1, -0.05) is 20.3 Å². The van der Waals surface area contributed by atoms with Gasteiger partial charge < -0.3 is 20.2 Å². The fraction of sp³-hybridized carbons (Fsp3) is 0.565. The second-order valence-electron chi connectivity index (χ2n) is 8.69. The second-order valence-corrected chi connectivity index (χ2v) is 8.69. The predicted octanol–water partition coefficient (Wildman–Crippen LogP) is 2.03. The van der Waals surface area contributed by atoms with Gasteiger partial charge in [-0.15, -0.1) is 0 Å². The number of halogens is 1. The molecule has 1 aromatic rings. The number of carbonyl (C=O) groups is 4. The number of likely N-dealkylation sites (tertiary alicyclic amines) is 1. The normalized spacial score (nSPS) is 21.3. The maximum absolute atomic E-state index is 13.2. The van der Waals surface area contributed by atoms with Gasteiger partial charge in [0.25, 0.3) is 0 Å². The number of nitrogens with zero attached hydrogens (tertiary/aromatic N) is 2. The van der Waals surface area contributed by atoms with E-state index in [-0.39, 0.29) is 36.6 Å². The molecule has 3 amide bonds. The lowest BCUT2D eigenvalue weighted by Gasteiger charge is -2.35. The fourth-order valence-corrected chi connectivity index (χ4v) is 4.25. The van der Waals surface area contributed by atoms with Crippen molar-refractivity contribution in [2.45, 2.75) is 45.6 Å². The van der Waals surface area contributed by atoms with Gasteiger partial charge in [-0.25, -0.2) is 4.39 Å². The third-order valence-electron chi connectivity index (χ3n) is 6.57. The number of hydrogen-bond acceptors (Lipinski definition) is 4. The molecule has 8 nitrogen and oxygen atoms in total. The van der Waals surface area contributed by atoms with Gasteiger partial charge in [0.1, 0.15) is 11.9 Å². The van der Waals surface area contributed by atoms with Gasteiger partial charge in [-0.2, -0.15) is 0 Å². The van der Waals surface area contributed by atoms with E-state index in [1.165, 1.54) is 29.2 Å². The molecule has 2 fully saturated rings. The number of anilines is 1. The van der Waals surface area contributed by atoms with E-state index < -0.39 is 29.7 Å². The van der Waals surface area contributed by atoms with Crippen molar-refractivity contribution in [3.8, 4) is 0 Å². The van der Waals surface area contributed by atoms with Crippen molar-refractivity contribution in [2.75, 3.05) is 24.5 Å². The Morgan fingerprint density at radius 2 is 1.78 bits per heavy atom. The molecule has 3 rings (SSSR count). The molecule has 3 atom stereocenters. The predicted molar refractivity (Wildman–Crippen MR) is 115 cm³/mol. The van der Waals surface area contributed by atoms with Crippen LogP contribution in [0.15, 0.2) is 24.3 Å². The van der Waals surface area contributed by atoms with Gasteiger partial charge in [0.05, 0.1) is 11.8 Å². The van der Waals surface area contributed by atoms with Crippen LogP contribution in [-0.4, -0.2) is 59.4 Å². The first-order valence-corrected chi connectivity index (χ1v) is 11.1. The topological polar surface area (TPSA) is 107 Å². The van der Waals surface area contributed by atoms with Gasteiger partial charge >= 0.3 is 5.97 Å². The number of hydrogen-bond donors (Lipinski definition) is 2. The summed E-state index contributed by atoms with van der Waals surface area (Å²) >= 11 is 0. The highest BCUT2D eigenvalue weighted by atomic mass is 19.1. The summed E-state index contributed by atoms with van der Waals surface area (Å²) in [7, 11) is 0. The van der Waals surface area contributed by atoms with Crippen LogP contribution in [0.3, 0.4) is 0 Å². The molecule has 9 heteroatoms. The van der Waals surface area contributed by atoms with Gasteiger partial charge in [0.15, 0.2) is 0 Å². The number of benzene rings is 1. The monoisotopic (exact) mass is 447 g/mol. The number of nitrogens with one attached hydrogen (secondary N) is 1. The summed E-state index contributed by atoms with van der Waals surface area (Å²) in [5.74, 6) is -3.22. The maximum atomic E-state index is 13.2. The number of amides is 3. The van der Waals surface area contributed by atoms with Crippen LogP contribution in [0, 0.1) is 23.6 Å². The molecule has 0 saturated carbocycles. The highest BCUT2D eigenvalue weighted by Crippen LogP contribution is 2.26. The van der Waals surface area contributed by atoms with Crippen molar-refractivity contribution in [3.63, 3.8) is 0 Å². The minimum absolute atomic E-state index is 0.0225. The largest absolute Gasteiger partial charge is 0.481 e. The lowest BCUT2D eigenvalue weighted by Crippen LogP contribution is -2.54. The quantitative estimate of drug-likeness (QED) is 0.665. The molecule has 174 valence electrons. The Kier molecular flexibility index (Phi) is 7.48. The molecule has 2 heterocycles. The number of carboxylic acids is 1. The van der Waals surface area contributed by atoms with E-state index in [4.69, 9.17) is 5.11 Å². The molecular weight excluding hydrogens is 417 g/mol. The number of carboxylic acid groups (broad SMARTS) is 1. The standard InChI is InChI=1S/C23H30FN3O5/c1-3-14(2)20(22(30)26-10-8-15(9-11-26)23(31)32)25-21(29)16-12-19(28)27(13-16)18-6-4-17(24)5-7-18/h4-7,14-16,20H,3,8-13H2,1-2H3,(H,25,29)(H,31,32). The molecule has 2 N–H and O–H groups in total. The van der Waals surface area contributed by atoms with Gasteiger partial charge in [0.2, 0.25) is 17.7 Å².